The van der Waals surface area contributed by atoms with Crippen LogP contribution in [-0.2, 0) is 4.79 Å². The van der Waals surface area contributed by atoms with Crippen LogP contribution >= 0.6 is 27.7 Å². The Kier molecular flexibility index (Phi) is 3.76. The van der Waals surface area contributed by atoms with Crippen LogP contribution < -0.4 is 5.32 Å². The molecule has 0 radical (unpaired) electrons. The van der Waals surface area contributed by atoms with Crippen molar-refractivity contribution in [1.29, 1.82) is 0 Å². The second-order valence-electron chi connectivity index (χ2n) is 3.73. The Morgan fingerprint density at radius 3 is 3.19 bits per heavy atom. The molecule has 1 aliphatic rings. The molecule has 1 aromatic rings. The number of hydrogen-bond acceptors (Lipinski definition) is 3. The average molecular weight is 302 g/mol. The van der Waals surface area contributed by atoms with E-state index in [1.807, 2.05) is 12.1 Å². The van der Waals surface area contributed by atoms with Crippen LogP contribution in [-0.4, -0.2) is 22.9 Å². The van der Waals surface area contributed by atoms with Gasteiger partial charge in [0.05, 0.1) is 0 Å². The zero-order valence-corrected chi connectivity index (χ0v) is 11.0. The van der Waals surface area contributed by atoms with Gasteiger partial charge in [-0.15, -0.1) is 11.8 Å². The summed E-state index contributed by atoms with van der Waals surface area (Å²) >= 11 is 5.21. The van der Waals surface area contributed by atoms with Gasteiger partial charge in [-0.3, -0.25) is 4.79 Å². The van der Waals surface area contributed by atoms with Gasteiger partial charge in [0.15, 0.2) is 0 Å². The summed E-state index contributed by atoms with van der Waals surface area (Å²) < 4.78 is 1.04. The molecule has 16 heavy (non-hydrogen) atoms. The summed E-state index contributed by atoms with van der Waals surface area (Å²) in [4.78, 5) is 11.7. The highest BCUT2D eigenvalue weighted by Gasteiger charge is 2.18. The minimum absolute atomic E-state index is 0.224. The summed E-state index contributed by atoms with van der Waals surface area (Å²) in [7, 11) is 0. The maximum absolute atomic E-state index is 10.5. The summed E-state index contributed by atoms with van der Waals surface area (Å²) in [5.41, 5.74) is 1.10. The zero-order chi connectivity index (χ0) is 11.5. The van der Waals surface area contributed by atoms with E-state index in [9.17, 15) is 4.79 Å². The molecule has 0 fully saturated rings. The van der Waals surface area contributed by atoms with E-state index in [2.05, 4.69) is 27.3 Å². The second-order valence-corrected chi connectivity index (χ2v) is 5.70. The van der Waals surface area contributed by atoms with E-state index in [4.69, 9.17) is 5.11 Å². The van der Waals surface area contributed by atoms with E-state index in [-0.39, 0.29) is 12.5 Å². The largest absolute Gasteiger partial charge is 0.481 e. The summed E-state index contributed by atoms with van der Waals surface area (Å²) in [6.07, 6.45) is 0.899. The first-order valence-electron chi connectivity index (χ1n) is 5.06. The van der Waals surface area contributed by atoms with Gasteiger partial charge in [-0.05, 0) is 24.6 Å². The third-order valence-electron chi connectivity index (χ3n) is 2.45. The van der Waals surface area contributed by atoms with Gasteiger partial charge in [0.25, 0.3) is 0 Å². The highest BCUT2D eigenvalue weighted by atomic mass is 79.9. The van der Waals surface area contributed by atoms with Crippen LogP contribution in [0.1, 0.15) is 12.8 Å². The van der Waals surface area contributed by atoms with Crippen molar-refractivity contribution in [1.82, 2.24) is 0 Å². The predicted octanol–water partition coefficient (Wildman–Crippen LogP) is 3.20. The molecular formula is C11H12BrNO2S. The summed E-state index contributed by atoms with van der Waals surface area (Å²) in [5, 5.41) is 12.0. The molecule has 0 saturated heterocycles. The smallest absolute Gasteiger partial charge is 0.303 e. The SMILES string of the molecule is O=C(O)CCC1CSc2ccc(Br)cc2N1. The molecule has 2 N–H and O–H groups in total. The quantitative estimate of drug-likeness (QED) is 0.900. The molecule has 5 heteroatoms. The first kappa shape index (κ1) is 11.8. The Balaban J connectivity index is 2.02. The fourth-order valence-electron chi connectivity index (χ4n) is 1.65. The number of carboxylic acids is 1. The molecule has 0 bridgehead atoms. The minimum Gasteiger partial charge on any atom is -0.481 e. The van der Waals surface area contributed by atoms with Crippen molar-refractivity contribution in [2.24, 2.45) is 0 Å². The molecule has 86 valence electrons. The number of nitrogens with one attached hydrogen (secondary N) is 1. The monoisotopic (exact) mass is 301 g/mol. The van der Waals surface area contributed by atoms with E-state index in [0.29, 0.717) is 6.42 Å². The van der Waals surface area contributed by atoms with Gasteiger partial charge in [-0.25, -0.2) is 0 Å². The number of carbonyl (C=O) groups is 1. The van der Waals surface area contributed by atoms with Crippen LogP contribution in [0.4, 0.5) is 5.69 Å². The van der Waals surface area contributed by atoms with Crippen LogP contribution in [0.2, 0.25) is 0 Å². The molecule has 0 amide bonds. The number of benzene rings is 1. The Morgan fingerprint density at radius 1 is 1.62 bits per heavy atom. The van der Waals surface area contributed by atoms with Gasteiger partial charge in [0, 0.05) is 33.3 Å². The van der Waals surface area contributed by atoms with Crippen molar-refractivity contribution in [3.8, 4) is 0 Å². The van der Waals surface area contributed by atoms with Crippen molar-refractivity contribution < 1.29 is 9.90 Å². The predicted molar refractivity (Wildman–Crippen MR) is 69.1 cm³/mol. The molecule has 1 aromatic carbocycles. The van der Waals surface area contributed by atoms with Crippen molar-refractivity contribution in [2.45, 2.75) is 23.8 Å². The minimum atomic E-state index is -0.730. The van der Waals surface area contributed by atoms with E-state index < -0.39 is 5.97 Å². The van der Waals surface area contributed by atoms with Gasteiger partial charge in [0.2, 0.25) is 0 Å². The van der Waals surface area contributed by atoms with Crippen LogP contribution in [0.5, 0.6) is 0 Å². The van der Waals surface area contributed by atoms with E-state index in [0.717, 1.165) is 15.9 Å². The molecule has 0 aliphatic carbocycles. The van der Waals surface area contributed by atoms with Gasteiger partial charge in [-0.1, -0.05) is 15.9 Å². The third-order valence-corrected chi connectivity index (χ3v) is 4.18. The van der Waals surface area contributed by atoms with Gasteiger partial charge in [-0.2, -0.15) is 0 Å². The Hall–Kier alpha value is -0.680. The van der Waals surface area contributed by atoms with E-state index in [1.165, 1.54) is 4.90 Å². The third kappa shape index (κ3) is 2.92. The van der Waals surface area contributed by atoms with E-state index >= 15 is 0 Å². The van der Waals surface area contributed by atoms with Gasteiger partial charge < -0.3 is 10.4 Å². The number of aliphatic carboxylic acids is 1. The lowest BCUT2D eigenvalue weighted by atomic mass is 10.1. The van der Waals surface area contributed by atoms with Crippen LogP contribution in [0, 0.1) is 0 Å². The number of fused-ring (bicyclic) bond motifs is 1. The van der Waals surface area contributed by atoms with Crippen molar-refractivity contribution in [3.63, 3.8) is 0 Å². The topological polar surface area (TPSA) is 49.3 Å². The zero-order valence-electron chi connectivity index (χ0n) is 8.57. The van der Waals surface area contributed by atoms with Crippen molar-refractivity contribution in [3.05, 3.63) is 22.7 Å². The molecule has 0 aromatic heterocycles. The van der Waals surface area contributed by atoms with Gasteiger partial charge >= 0.3 is 5.97 Å². The molecule has 3 nitrogen and oxygen atoms in total. The molecular weight excluding hydrogens is 290 g/mol. The van der Waals surface area contributed by atoms with E-state index in [1.54, 1.807) is 11.8 Å². The lowest BCUT2D eigenvalue weighted by Gasteiger charge is -2.26. The maximum atomic E-state index is 10.5. The first-order chi connectivity index (χ1) is 7.65. The van der Waals surface area contributed by atoms with Crippen LogP contribution in [0.25, 0.3) is 0 Å². The summed E-state index contributed by atoms with van der Waals surface area (Å²) in [6, 6.07) is 6.38. The molecule has 1 heterocycles. The summed E-state index contributed by atoms with van der Waals surface area (Å²) in [6.45, 7) is 0. The van der Waals surface area contributed by atoms with Gasteiger partial charge in [0.1, 0.15) is 0 Å². The number of hydrogen-bond donors (Lipinski definition) is 2. The number of anilines is 1. The first-order valence-corrected chi connectivity index (χ1v) is 6.83. The second kappa shape index (κ2) is 5.10. The number of rotatable bonds is 3. The molecule has 0 spiro atoms. The Labute approximate surface area is 107 Å². The molecule has 1 atom stereocenters. The van der Waals surface area contributed by atoms with Crippen LogP contribution in [0.15, 0.2) is 27.6 Å². The Bertz CT molecular complexity index is 411. The fraction of sp³-hybridized carbons (Fsp3) is 0.364. The highest BCUT2D eigenvalue weighted by Crippen LogP contribution is 2.35. The van der Waals surface area contributed by atoms with Crippen molar-refractivity contribution in [2.75, 3.05) is 11.1 Å². The number of carboxylic acid groups (broad SMARTS) is 1. The normalized spacial score (nSPS) is 18.7. The maximum Gasteiger partial charge on any atom is 0.303 e. The standard InChI is InChI=1S/C11H12BrNO2S/c12-7-1-3-10-9(5-7)13-8(6-16-10)2-4-11(14)15/h1,3,5,8,13H,2,4,6H2,(H,14,15). The summed E-state index contributed by atoms with van der Waals surface area (Å²) in [5.74, 6) is 0.203. The fourth-order valence-corrected chi connectivity index (χ4v) is 3.08. The average Bonchev–Trinajstić information content (AvgIpc) is 2.25. The number of halogens is 1. The molecule has 1 aliphatic heterocycles. The van der Waals surface area contributed by atoms with Crippen molar-refractivity contribution >= 4 is 39.3 Å². The molecule has 0 saturated carbocycles. The lowest BCUT2D eigenvalue weighted by Crippen LogP contribution is -2.26. The lowest BCUT2D eigenvalue weighted by molar-refractivity contribution is -0.137. The highest BCUT2D eigenvalue weighted by molar-refractivity contribution is 9.10. The molecule has 2 rings (SSSR count). The number of thioether (sulfide) groups is 1. The van der Waals surface area contributed by atoms with Crippen LogP contribution in [0.3, 0.4) is 0 Å². The Morgan fingerprint density at radius 2 is 2.44 bits per heavy atom. The molecule has 1 unspecified atom stereocenters.